The van der Waals surface area contributed by atoms with Crippen LogP contribution in [0.15, 0.2) is 83.7 Å². The van der Waals surface area contributed by atoms with Gasteiger partial charge in [0.15, 0.2) is 0 Å². The summed E-state index contributed by atoms with van der Waals surface area (Å²) >= 11 is 0. The molecule has 7 heteroatoms. The van der Waals surface area contributed by atoms with Crippen LogP contribution in [0.4, 0.5) is 0 Å². The van der Waals surface area contributed by atoms with Crippen molar-refractivity contribution in [2.24, 2.45) is 0 Å². The predicted octanol–water partition coefficient (Wildman–Crippen LogP) is 4.24. The summed E-state index contributed by atoms with van der Waals surface area (Å²) in [7, 11) is 0. The first-order valence-electron chi connectivity index (χ1n) is 12.9. The van der Waals surface area contributed by atoms with Crippen LogP contribution in [0.1, 0.15) is 53.4 Å². The van der Waals surface area contributed by atoms with Crippen LogP contribution in [0.3, 0.4) is 0 Å². The lowest BCUT2D eigenvalue weighted by molar-refractivity contribution is 0.0953. The molecule has 1 aromatic heterocycles. The Labute approximate surface area is 222 Å². The molecule has 4 aromatic rings. The number of fused-ring (bicyclic) bond motifs is 1. The second-order valence-electron chi connectivity index (χ2n) is 10.3. The van der Waals surface area contributed by atoms with Gasteiger partial charge >= 0.3 is 0 Å². The summed E-state index contributed by atoms with van der Waals surface area (Å²) in [5, 5.41) is 28.0. The van der Waals surface area contributed by atoms with Crippen molar-refractivity contribution in [3.63, 3.8) is 0 Å². The zero-order valence-corrected chi connectivity index (χ0v) is 21.8. The van der Waals surface area contributed by atoms with Crippen molar-refractivity contribution >= 4 is 16.8 Å². The van der Waals surface area contributed by atoms with Gasteiger partial charge in [-0.2, -0.15) is 0 Å². The Kier molecular flexibility index (Phi) is 8.61. The standard InChI is InChI=1S/C31H35N3O4/c1-31(2,33-20-27(36)24-13-15-26(35)29-25(24)14-16-28(37)34-29)19-22-10-6-12-23(18-22)30(38)32-17-7-11-21-8-4-3-5-9-21/h3-6,8-10,12-16,18,27,33,35-36H,7,11,17,19-20H2,1-2H3,(H,32,38)(H,34,37)/t27-/m1/s1. The van der Waals surface area contributed by atoms with Crippen LogP contribution in [0.5, 0.6) is 5.75 Å². The Hall–Kier alpha value is -3.94. The van der Waals surface area contributed by atoms with Crippen LogP contribution in [0, 0.1) is 0 Å². The molecule has 0 aliphatic heterocycles. The molecule has 0 unspecified atom stereocenters. The number of aliphatic hydroxyl groups excluding tert-OH is 1. The topological polar surface area (TPSA) is 114 Å². The zero-order valence-electron chi connectivity index (χ0n) is 21.8. The number of benzene rings is 3. The molecule has 5 N–H and O–H groups in total. The summed E-state index contributed by atoms with van der Waals surface area (Å²) in [5.41, 5.74) is 3.14. The van der Waals surface area contributed by atoms with Gasteiger partial charge in [-0.15, -0.1) is 0 Å². The number of aromatic nitrogens is 1. The van der Waals surface area contributed by atoms with Gasteiger partial charge in [0, 0.05) is 35.6 Å². The van der Waals surface area contributed by atoms with Crippen molar-refractivity contribution in [3.05, 3.63) is 111 Å². The summed E-state index contributed by atoms with van der Waals surface area (Å²) in [6, 6.07) is 24.0. The highest BCUT2D eigenvalue weighted by molar-refractivity contribution is 5.94. The molecule has 3 aromatic carbocycles. The molecule has 0 aliphatic rings. The predicted molar refractivity (Wildman–Crippen MR) is 151 cm³/mol. The number of pyridine rings is 1. The van der Waals surface area contributed by atoms with E-state index in [0.717, 1.165) is 18.4 Å². The number of rotatable bonds is 11. The molecule has 7 nitrogen and oxygen atoms in total. The van der Waals surface area contributed by atoms with Crippen LogP contribution in [-0.2, 0) is 12.8 Å². The van der Waals surface area contributed by atoms with E-state index in [1.807, 2.05) is 56.3 Å². The molecule has 0 aliphatic carbocycles. The van der Waals surface area contributed by atoms with Crippen molar-refractivity contribution in [2.45, 2.75) is 44.8 Å². The summed E-state index contributed by atoms with van der Waals surface area (Å²) in [4.78, 5) is 27.0. The lowest BCUT2D eigenvalue weighted by Gasteiger charge is -2.28. The molecule has 4 rings (SSSR count). The van der Waals surface area contributed by atoms with E-state index in [2.05, 4.69) is 27.8 Å². The zero-order chi connectivity index (χ0) is 27.1. The Morgan fingerprint density at radius 1 is 0.974 bits per heavy atom. The quantitative estimate of drug-likeness (QED) is 0.193. The third kappa shape index (κ3) is 7.09. The third-order valence-electron chi connectivity index (χ3n) is 6.65. The first-order chi connectivity index (χ1) is 18.2. The maximum Gasteiger partial charge on any atom is 0.251 e. The summed E-state index contributed by atoms with van der Waals surface area (Å²) in [6.07, 6.45) is 1.60. The minimum absolute atomic E-state index is 0.0398. The Morgan fingerprint density at radius 2 is 1.74 bits per heavy atom. The number of phenolic OH excluding ortho intramolecular Hbond substituents is 1. The van der Waals surface area contributed by atoms with Crippen LogP contribution in [0.25, 0.3) is 10.9 Å². The van der Waals surface area contributed by atoms with Crippen molar-refractivity contribution in [3.8, 4) is 5.75 Å². The Balaban J connectivity index is 1.32. The van der Waals surface area contributed by atoms with E-state index in [1.54, 1.807) is 12.1 Å². The molecule has 1 amide bonds. The molecule has 1 atom stereocenters. The van der Waals surface area contributed by atoms with Gasteiger partial charge in [-0.25, -0.2) is 0 Å². The molecule has 0 saturated carbocycles. The van der Waals surface area contributed by atoms with Gasteiger partial charge in [0.25, 0.3) is 5.91 Å². The van der Waals surface area contributed by atoms with Gasteiger partial charge in [0.05, 0.1) is 11.6 Å². The van der Waals surface area contributed by atoms with E-state index in [1.165, 1.54) is 17.7 Å². The number of aromatic amines is 1. The minimum atomic E-state index is -0.851. The average Bonchev–Trinajstić information content (AvgIpc) is 2.91. The number of amides is 1. The number of aliphatic hydroxyl groups is 1. The molecule has 0 spiro atoms. The van der Waals surface area contributed by atoms with Gasteiger partial charge in [0.2, 0.25) is 5.56 Å². The third-order valence-corrected chi connectivity index (χ3v) is 6.65. The molecule has 1 heterocycles. The number of aryl methyl sites for hydroxylation is 1. The van der Waals surface area contributed by atoms with Crippen molar-refractivity contribution in [1.29, 1.82) is 0 Å². The molecule has 0 saturated heterocycles. The van der Waals surface area contributed by atoms with E-state index >= 15 is 0 Å². The van der Waals surface area contributed by atoms with Gasteiger partial charge < -0.3 is 25.8 Å². The number of nitrogens with one attached hydrogen (secondary N) is 3. The molecular weight excluding hydrogens is 478 g/mol. The Morgan fingerprint density at radius 3 is 2.53 bits per heavy atom. The fraction of sp³-hybridized carbons (Fsp3) is 0.290. The number of hydrogen-bond acceptors (Lipinski definition) is 5. The number of β-amino-alcohol motifs (C(OH)–C–C–N with tert-alkyl or cyclic N) is 1. The number of hydrogen-bond donors (Lipinski definition) is 5. The highest BCUT2D eigenvalue weighted by Gasteiger charge is 2.22. The van der Waals surface area contributed by atoms with E-state index in [-0.39, 0.29) is 29.3 Å². The summed E-state index contributed by atoms with van der Waals surface area (Å²) < 4.78 is 0. The van der Waals surface area contributed by atoms with Crippen molar-refractivity contribution < 1.29 is 15.0 Å². The van der Waals surface area contributed by atoms with Gasteiger partial charge in [0.1, 0.15) is 5.75 Å². The maximum atomic E-state index is 12.7. The molecule has 38 heavy (non-hydrogen) atoms. The highest BCUT2D eigenvalue weighted by atomic mass is 16.3. The fourth-order valence-electron chi connectivity index (χ4n) is 4.67. The maximum absolute atomic E-state index is 12.7. The molecule has 0 fully saturated rings. The number of phenols is 1. The number of carbonyl (C=O) groups excluding carboxylic acids is 1. The van der Waals surface area contributed by atoms with E-state index < -0.39 is 6.10 Å². The van der Waals surface area contributed by atoms with Crippen LogP contribution >= 0.6 is 0 Å². The number of H-pyrrole nitrogens is 1. The van der Waals surface area contributed by atoms with E-state index in [4.69, 9.17) is 0 Å². The Bertz CT molecular complexity index is 1450. The van der Waals surface area contributed by atoms with Crippen molar-refractivity contribution in [2.75, 3.05) is 13.1 Å². The highest BCUT2D eigenvalue weighted by Crippen LogP contribution is 2.29. The number of aromatic hydroxyl groups is 1. The van der Waals surface area contributed by atoms with Crippen molar-refractivity contribution in [1.82, 2.24) is 15.6 Å². The average molecular weight is 514 g/mol. The molecule has 0 bridgehead atoms. The lowest BCUT2D eigenvalue weighted by atomic mass is 9.93. The minimum Gasteiger partial charge on any atom is -0.506 e. The van der Waals surface area contributed by atoms with Crippen LogP contribution in [0.2, 0.25) is 0 Å². The summed E-state index contributed by atoms with van der Waals surface area (Å²) in [6.45, 7) is 4.97. The SMILES string of the molecule is CC(C)(Cc1cccc(C(=O)NCCCc2ccccc2)c1)NC[C@@H](O)c1ccc(O)c2[nH]c(=O)ccc12. The summed E-state index contributed by atoms with van der Waals surface area (Å²) in [5.74, 6) is -0.125. The normalized spacial score (nSPS) is 12.4. The van der Waals surface area contributed by atoms with Gasteiger partial charge in [-0.3, -0.25) is 9.59 Å². The first-order valence-corrected chi connectivity index (χ1v) is 12.9. The van der Waals surface area contributed by atoms with Crippen LogP contribution < -0.4 is 16.2 Å². The smallest absolute Gasteiger partial charge is 0.251 e. The monoisotopic (exact) mass is 513 g/mol. The van der Waals surface area contributed by atoms with E-state index in [0.29, 0.717) is 35.0 Å². The second kappa shape index (κ2) is 12.1. The fourth-order valence-corrected chi connectivity index (χ4v) is 4.67. The molecule has 0 radical (unpaired) electrons. The van der Waals surface area contributed by atoms with Gasteiger partial charge in [-0.1, -0.05) is 48.5 Å². The largest absolute Gasteiger partial charge is 0.506 e. The first kappa shape index (κ1) is 27.1. The molecule has 198 valence electrons. The second-order valence-corrected chi connectivity index (χ2v) is 10.3. The van der Waals surface area contributed by atoms with Crippen LogP contribution in [-0.4, -0.2) is 39.7 Å². The number of carbonyl (C=O) groups is 1. The van der Waals surface area contributed by atoms with E-state index in [9.17, 15) is 19.8 Å². The van der Waals surface area contributed by atoms with Gasteiger partial charge in [-0.05, 0) is 74.1 Å². The lowest BCUT2D eigenvalue weighted by Crippen LogP contribution is -2.43. The molecular formula is C31H35N3O4.